The number of aryl methyl sites for hydroxylation is 1. The van der Waals surface area contributed by atoms with Crippen LogP contribution in [-0.4, -0.2) is 15.7 Å². The minimum absolute atomic E-state index is 0.462. The van der Waals surface area contributed by atoms with Gasteiger partial charge >= 0.3 is 0 Å². The van der Waals surface area contributed by atoms with Crippen LogP contribution in [0.4, 0.5) is 5.82 Å². The van der Waals surface area contributed by atoms with Gasteiger partial charge in [0.25, 0.3) is 0 Å². The fourth-order valence-electron chi connectivity index (χ4n) is 1.70. The number of nitrogen functional groups attached to an aromatic ring is 1. The molecule has 0 aliphatic carbocycles. The molecule has 2 heterocycles. The first-order valence-electron chi connectivity index (χ1n) is 5.29. The Balaban J connectivity index is 2.28. The van der Waals surface area contributed by atoms with Gasteiger partial charge in [0.15, 0.2) is 0 Å². The minimum atomic E-state index is 0.462. The summed E-state index contributed by atoms with van der Waals surface area (Å²) in [5, 5.41) is 0.462. The number of hydrazine groups is 1. The Morgan fingerprint density at radius 3 is 3.07 bits per heavy atom. The van der Waals surface area contributed by atoms with Crippen LogP contribution in [-0.2, 0) is 6.42 Å². The lowest BCUT2D eigenvalue weighted by molar-refractivity contribution is 0.766. The third kappa shape index (κ3) is 2.41. The van der Waals surface area contributed by atoms with Crippen LogP contribution < -0.4 is 11.3 Å². The van der Waals surface area contributed by atoms with Gasteiger partial charge in [-0.3, -0.25) is 0 Å². The average Bonchev–Trinajstić information content (AvgIpc) is 2.81. The van der Waals surface area contributed by atoms with E-state index in [4.69, 9.17) is 5.84 Å². The topological polar surface area (TPSA) is 63.8 Å². The fourth-order valence-corrected chi connectivity index (χ4v) is 2.90. The first kappa shape index (κ1) is 10.7. The number of nitrogens with one attached hydrogen (secondary N) is 1. The van der Waals surface area contributed by atoms with Gasteiger partial charge in [-0.2, -0.15) is 11.8 Å². The zero-order valence-electron chi connectivity index (χ0n) is 8.86. The number of nitrogens with two attached hydrogens (primary N) is 1. The van der Waals surface area contributed by atoms with Crippen molar-refractivity contribution < 1.29 is 0 Å². The van der Waals surface area contributed by atoms with E-state index < -0.39 is 0 Å². The van der Waals surface area contributed by atoms with Gasteiger partial charge in [0.2, 0.25) is 0 Å². The molecule has 0 radical (unpaired) electrons. The van der Waals surface area contributed by atoms with Crippen molar-refractivity contribution in [1.29, 1.82) is 0 Å². The molecule has 0 spiro atoms. The molecule has 1 aliphatic rings. The zero-order chi connectivity index (χ0) is 10.7. The summed E-state index contributed by atoms with van der Waals surface area (Å²) in [6.45, 7) is 2.09. The van der Waals surface area contributed by atoms with E-state index in [9.17, 15) is 0 Å². The Morgan fingerprint density at radius 2 is 2.47 bits per heavy atom. The number of hydrogen-bond donors (Lipinski definition) is 2. The molecule has 1 aromatic rings. The highest BCUT2D eigenvalue weighted by Gasteiger charge is 2.21. The molecule has 15 heavy (non-hydrogen) atoms. The number of nitrogens with zero attached hydrogens (tertiary/aromatic N) is 2. The maximum atomic E-state index is 5.39. The highest BCUT2D eigenvalue weighted by Crippen LogP contribution is 2.38. The molecule has 1 fully saturated rings. The molecule has 0 aromatic carbocycles. The van der Waals surface area contributed by atoms with Gasteiger partial charge in [-0.15, -0.1) is 0 Å². The number of aromatic nitrogens is 2. The molecule has 0 saturated carbocycles. The lowest BCUT2D eigenvalue weighted by Gasteiger charge is -2.10. The standard InChI is InChI=1S/C10H16N4S/c1-2-7-6-9(14-11)13-10(12-7)8-4-3-5-15-8/h6,8H,2-5,11H2,1H3,(H,12,13,14). The average molecular weight is 224 g/mol. The summed E-state index contributed by atoms with van der Waals surface area (Å²) in [4.78, 5) is 8.97. The number of thioether (sulfide) groups is 1. The molecular weight excluding hydrogens is 208 g/mol. The van der Waals surface area contributed by atoms with Crippen molar-refractivity contribution in [3.05, 3.63) is 17.6 Å². The molecule has 0 bridgehead atoms. The van der Waals surface area contributed by atoms with E-state index in [2.05, 4.69) is 22.3 Å². The Labute approximate surface area is 94.0 Å². The van der Waals surface area contributed by atoms with Gasteiger partial charge in [0.1, 0.15) is 11.6 Å². The van der Waals surface area contributed by atoms with E-state index in [1.807, 2.05) is 17.8 Å². The van der Waals surface area contributed by atoms with Crippen molar-refractivity contribution in [2.24, 2.45) is 5.84 Å². The Bertz CT molecular complexity index is 314. The SMILES string of the molecule is CCc1cc(NN)nc(C2CCCS2)n1. The predicted octanol–water partition coefficient (Wildman–Crippen LogP) is 1.89. The third-order valence-corrected chi connectivity index (χ3v) is 3.90. The molecular formula is C10H16N4S. The molecule has 1 unspecified atom stereocenters. The first-order valence-corrected chi connectivity index (χ1v) is 6.34. The molecule has 5 heteroatoms. The summed E-state index contributed by atoms with van der Waals surface area (Å²) in [6, 6.07) is 1.91. The van der Waals surface area contributed by atoms with Crippen molar-refractivity contribution in [2.75, 3.05) is 11.2 Å². The van der Waals surface area contributed by atoms with Gasteiger partial charge in [-0.25, -0.2) is 15.8 Å². The van der Waals surface area contributed by atoms with Gasteiger partial charge < -0.3 is 5.43 Å². The van der Waals surface area contributed by atoms with Crippen LogP contribution >= 0.6 is 11.8 Å². The molecule has 1 saturated heterocycles. The highest BCUT2D eigenvalue weighted by atomic mass is 32.2. The monoisotopic (exact) mass is 224 g/mol. The van der Waals surface area contributed by atoms with E-state index in [-0.39, 0.29) is 0 Å². The van der Waals surface area contributed by atoms with Crippen molar-refractivity contribution in [1.82, 2.24) is 9.97 Å². The van der Waals surface area contributed by atoms with E-state index in [0.29, 0.717) is 5.25 Å². The van der Waals surface area contributed by atoms with Gasteiger partial charge in [-0.1, -0.05) is 6.92 Å². The summed E-state index contributed by atoms with van der Waals surface area (Å²) >= 11 is 1.94. The lowest BCUT2D eigenvalue weighted by Crippen LogP contribution is -2.12. The maximum absolute atomic E-state index is 5.39. The zero-order valence-corrected chi connectivity index (χ0v) is 9.68. The Kier molecular flexibility index (Phi) is 3.43. The van der Waals surface area contributed by atoms with Crippen LogP contribution in [0.3, 0.4) is 0 Å². The van der Waals surface area contributed by atoms with Crippen molar-refractivity contribution in [3.8, 4) is 0 Å². The van der Waals surface area contributed by atoms with Crippen LogP contribution in [0.2, 0.25) is 0 Å². The normalized spacial score (nSPS) is 20.5. The quantitative estimate of drug-likeness (QED) is 0.606. The van der Waals surface area contributed by atoms with Crippen LogP contribution in [0.5, 0.6) is 0 Å². The van der Waals surface area contributed by atoms with Gasteiger partial charge in [0.05, 0.1) is 5.25 Å². The van der Waals surface area contributed by atoms with Crippen molar-refractivity contribution >= 4 is 17.6 Å². The first-order chi connectivity index (χ1) is 7.33. The summed E-state index contributed by atoms with van der Waals surface area (Å²) in [5.41, 5.74) is 3.66. The lowest BCUT2D eigenvalue weighted by atomic mass is 10.2. The molecule has 3 N–H and O–H groups in total. The summed E-state index contributed by atoms with van der Waals surface area (Å²) in [6.07, 6.45) is 3.36. The Morgan fingerprint density at radius 1 is 1.60 bits per heavy atom. The molecule has 1 aromatic heterocycles. The Hall–Kier alpha value is -0.810. The molecule has 0 amide bonds. The predicted molar refractivity (Wildman–Crippen MR) is 63.7 cm³/mol. The summed E-state index contributed by atoms with van der Waals surface area (Å²) < 4.78 is 0. The molecule has 2 rings (SSSR count). The van der Waals surface area contributed by atoms with E-state index in [1.165, 1.54) is 18.6 Å². The molecule has 82 valence electrons. The van der Waals surface area contributed by atoms with Crippen LogP contribution in [0, 0.1) is 0 Å². The number of rotatable bonds is 3. The minimum Gasteiger partial charge on any atom is -0.308 e. The van der Waals surface area contributed by atoms with Crippen molar-refractivity contribution in [3.63, 3.8) is 0 Å². The molecule has 1 atom stereocenters. The smallest absolute Gasteiger partial charge is 0.143 e. The fraction of sp³-hybridized carbons (Fsp3) is 0.600. The summed E-state index contributed by atoms with van der Waals surface area (Å²) in [7, 11) is 0. The van der Waals surface area contributed by atoms with Crippen molar-refractivity contribution in [2.45, 2.75) is 31.4 Å². The number of hydrogen-bond acceptors (Lipinski definition) is 5. The van der Waals surface area contributed by atoms with E-state index >= 15 is 0 Å². The maximum Gasteiger partial charge on any atom is 0.143 e. The second-order valence-corrected chi connectivity index (χ2v) is 4.91. The van der Waals surface area contributed by atoms with Crippen LogP contribution in [0.15, 0.2) is 6.07 Å². The van der Waals surface area contributed by atoms with Crippen LogP contribution in [0.1, 0.15) is 36.5 Å². The largest absolute Gasteiger partial charge is 0.308 e. The van der Waals surface area contributed by atoms with E-state index in [1.54, 1.807) is 0 Å². The van der Waals surface area contributed by atoms with Gasteiger partial charge in [0, 0.05) is 11.8 Å². The molecule has 1 aliphatic heterocycles. The molecule has 4 nitrogen and oxygen atoms in total. The second-order valence-electron chi connectivity index (χ2n) is 3.60. The third-order valence-electron chi connectivity index (χ3n) is 2.52. The summed E-state index contributed by atoms with van der Waals surface area (Å²) in [5.74, 6) is 8.27. The number of anilines is 1. The second kappa shape index (κ2) is 4.81. The highest BCUT2D eigenvalue weighted by molar-refractivity contribution is 7.99. The van der Waals surface area contributed by atoms with Crippen LogP contribution in [0.25, 0.3) is 0 Å². The van der Waals surface area contributed by atoms with E-state index in [0.717, 1.165) is 23.8 Å². The van der Waals surface area contributed by atoms with Gasteiger partial charge in [-0.05, 0) is 25.0 Å².